The van der Waals surface area contributed by atoms with Crippen molar-refractivity contribution in [1.29, 1.82) is 0 Å². The van der Waals surface area contributed by atoms with Crippen LogP contribution in [0.15, 0.2) is 18.3 Å². The Labute approximate surface area is 108 Å². The van der Waals surface area contributed by atoms with Crippen LogP contribution in [0.4, 0.5) is 5.82 Å². The molecule has 1 amide bonds. The zero-order valence-corrected chi connectivity index (χ0v) is 11.2. The molecule has 2 N–H and O–H groups in total. The number of carbonyl (C=O) groups is 1. The van der Waals surface area contributed by atoms with Gasteiger partial charge in [0.15, 0.2) is 0 Å². The summed E-state index contributed by atoms with van der Waals surface area (Å²) < 4.78 is 0. The van der Waals surface area contributed by atoms with Crippen LogP contribution in [-0.2, 0) is 0 Å². The van der Waals surface area contributed by atoms with Crippen LogP contribution in [0.5, 0.6) is 0 Å². The second kappa shape index (κ2) is 6.96. The number of pyridine rings is 1. The summed E-state index contributed by atoms with van der Waals surface area (Å²) in [7, 11) is 3.80. The molecule has 18 heavy (non-hydrogen) atoms. The van der Waals surface area contributed by atoms with Crippen molar-refractivity contribution >= 4 is 11.7 Å². The van der Waals surface area contributed by atoms with E-state index in [0.29, 0.717) is 12.0 Å². The SMILES string of the molecule is CC(CCCO)NC(=O)c1ccc(N(C)C)nc1. The fourth-order valence-corrected chi connectivity index (χ4v) is 1.56. The average Bonchev–Trinajstić information content (AvgIpc) is 2.36. The third kappa shape index (κ3) is 4.33. The van der Waals surface area contributed by atoms with E-state index in [2.05, 4.69) is 10.3 Å². The number of amides is 1. The molecule has 0 aliphatic heterocycles. The number of hydrogen-bond acceptors (Lipinski definition) is 4. The summed E-state index contributed by atoms with van der Waals surface area (Å²) in [6.45, 7) is 2.08. The van der Waals surface area contributed by atoms with Crippen molar-refractivity contribution in [3.8, 4) is 0 Å². The molecular formula is C13H21N3O2. The molecule has 1 atom stereocenters. The van der Waals surface area contributed by atoms with Gasteiger partial charge in [0.05, 0.1) is 5.56 Å². The molecule has 1 rings (SSSR count). The first-order valence-electron chi connectivity index (χ1n) is 6.09. The molecule has 0 radical (unpaired) electrons. The van der Waals surface area contributed by atoms with E-state index in [1.807, 2.05) is 32.0 Å². The molecule has 0 saturated carbocycles. The van der Waals surface area contributed by atoms with E-state index in [1.54, 1.807) is 12.3 Å². The highest BCUT2D eigenvalue weighted by Gasteiger charge is 2.10. The molecule has 0 bridgehead atoms. The Bertz CT molecular complexity index is 376. The van der Waals surface area contributed by atoms with Gasteiger partial charge in [0, 0.05) is 32.9 Å². The molecule has 5 nitrogen and oxygen atoms in total. The monoisotopic (exact) mass is 251 g/mol. The lowest BCUT2D eigenvalue weighted by Gasteiger charge is -2.14. The Morgan fingerprint density at radius 3 is 2.72 bits per heavy atom. The van der Waals surface area contributed by atoms with Gasteiger partial charge in [0.2, 0.25) is 0 Å². The van der Waals surface area contributed by atoms with Crippen molar-refractivity contribution in [2.45, 2.75) is 25.8 Å². The van der Waals surface area contributed by atoms with Gasteiger partial charge >= 0.3 is 0 Å². The van der Waals surface area contributed by atoms with Gasteiger partial charge in [-0.3, -0.25) is 4.79 Å². The summed E-state index contributed by atoms with van der Waals surface area (Å²) >= 11 is 0. The van der Waals surface area contributed by atoms with Gasteiger partial charge in [-0.15, -0.1) is 0 Å². The number of rotatable bonds is 6. The van der Waals surface area contributed by atoms with Gasteiger partial charge in [-0.05, 0) is 31.9 Å². The predicted octanol–water partition coefficient (Wildman–Crippen LogP) is 1.04. The molecule has 1 heterocycles. The van der Waals surface area contributed by atoms with Crippen molar-refractivity contribution in [2.24, 2.45) is 0 Å². The van der Waals surface area contributed by atoms with Crippen LogP contribution in [0.3, 0.4) is 0 Å². The number of aliphatic hydroxyl groups is 1. The topological polar surface area (TPSA) is 65.5 Å². The van der Waals surface area contributed by atoms with Crippen LogP contribution in [0.25, 0.3) is 0 Å². The van der Waals surface area contributed by atoms with Gasteiger partial charge in [-0.2, -0.15) is 0 Å². The standard InChI is InChI=1S/C13H21N3O2/c1-10(5-4-8-17)15-13(18)11-6-7-12(14-9-11)16(2)3/h6-7,9-10,17H,4-5,8H2,1-3H3,(H,15,18). The maximum atomic E-state index is 11.9. The number of anilines is 1. The maximum Gasteiger partial charge on any atom is 0.253 e. The second-order valence-corrected chi connectivity index (χ2v) is 4.54. The van der Waals surface area contributed by atoms with Crippen molar-refractivity contribution in [2.75, 3.05) is 25.6 Å². The minimum Gasteiger partial charge on any atom is -0.396 e. The van der Waals surface area contributed by atoms with E-state index in [4.69, 9.17) is 5.11 Å². The van der Waals surface area contributed by atoms with E-state index in [9.17, 15) is 4.79 Å². The number of nitrogens with zero attached hydrogens (tertiary/aromatic N) is 2. The first-order chi connectivity index (χ1) is 8.54. The van der Waals surface area contributed by atoms with Crippen LogP contribution in [-0.4, -0.2) is 42.7 Å². The second-order valence-electron chi connectivity index (χ2n) is 4.54. The Balaban J connectivity index is 2.56. The predicted molar refractivity (Wildman–Crippen MR) is 71.8 cm³/mol. The number of aliphatic hydroxyl groups excluding tert-OH is 1. The summed E-state index contributed by atoms with van der Waals surface area (Å²) in [5.74, 6) is 0.693. The summed E-state index contributed by atoms with van der Waals surface area (Å²) in [5.41, 5.74) is 0.552. The molecule has 0 aromatic carbocycles. The van der Waals surface area contributed by atoms with E-state index in [0.717, 1.165) is 12.2 Å². The molecule has 1 aromatic heterocycles. The third-order valence-electron chi connectivity index (χ3n) is 2.64. The highest BCUT2D eigenvalue weighted by molar-refractivity contribution is 5.94. The number of nitrogens with one attached hydrogen (secondary N) is 1. The van der Waals surface area contributed by atoms with Crippen LogP contribution < -0.4 is 10.2 Å². The van der Waals surface area contributed by atoms with Crippen LogP contribution in [0.2, 0.25) is 0 Å². The van der Waals surface area contributed by atoms with Gasteiger partial charge in [-0.1, -0.05) is 0 Å². The Morgan fingerprint density at radius 1 is 1.50 bits per heavy atom. The van der Waals surface area contributed by atoms with Gasteiger partial charge < -0.3 is 15.3 Å². The third-order valence-corrected chi connectivity index (χ3v) is 2.64. The summed E-state index contributed by atoms with van der Waals surface area (Å²) in [5, 5.41) is 11.6. The van der Waals surface area contributed by atoms with Gasteiger partial charge in [0.25, 0.3) is 5.91 Å². The molecular weight excluding hydrogens is 230 g/mol. The molecule has 0 spiro atoms. The number of hydrogen-bond donors (Lipinski definition) is 2. The lowest BCUT2D eigenvalue weighted by Crippen LogP contribution is -2.32. The minimum atomic E-state index is -0.127. The Morgan fingerprint density at radius 2 is 2.22 bits per heavy atom. The summed E-state index contributed by atoms with van der Waals surface area (Å²) in [6.07, 6.45) is 3.04. The molecule has 0 saturated heterocycles. The molecule has 0 aliphatic carbocycles. The fourth-order valence-electron chi connectivity index (χ4n) is 1.56. The van der Waals surface area contributed by atoms with E-state index in [1.165, 1.54) is 0 Å². The summed E-state index contributed by atoms with van der Waals surface area (Å²) in [6, 6.07) is 3.63. The molecule has 0 aliphatic rings. The number of aromatic nitrogens is 1. The zero-order chi connectivity index (χ0) is 13.5. The zero-order valence-electron chi connectivity index (χ0n) is 11.2. The lowest BCUT2D eigenvalue weighted by atomic mass is 10.1. The molecule has 1 unspecified atom stereocenters. The van der Waals surface area contributed by atoms with Crippen molar-refractivity contribution in [1.82, 2.24) is 10.3 Å². The first kappa shape index (κ1) is 14.4. The van der Waals surface area contributed by atoms with Crippen molar-refractivity contribution < 1.29 is 9.90 Å². The van der Waals surface area contributed by atoms with E-state index >= 15 is 0 Å². The van der Waals surface area contributed by atoms with Crippen molar-refractivity contribution in [3.05, 3.63) is 23.9 Å². The van der Waals surface area contributed by atoms with Crippen LogP contribution >= 0.6 is 0 Å². The Hall–Kier alpha value is -1.62. The smallest absolute Gasteiger partial charge is 0.253 e. The van der Waals surface area contributed by atoms with E-state index in [-0.39, 0.29) is 18.6 Å². The average molecular weight is 251 g/mol. The Kier molecular flexibility index (Phi) is 5.58. The quantitative estimate of drug-likeness (QED) is 0.793. The lowest BCUT2D eigenvalue weighted by molar-refractivity contribution is 0.0936. The highest BCUT2D eigenvalue weighted by Crippen LogP contribution is 2.08. The van der Waals surface area contributed by atoms with Gasteiger partial charge in [-0.25, -0.2) is 4.98 Å². The molecule has 5 heteroatoms. The highest BCUT2D eigenvalue weighted by atomic mass is 16.3. The van der Waals surface area contributed by atoms with E-state index < -0.39 is 0 Å². The van der Waals surface area contributed by atoms with Crippen LogP contribution in [0, 0.1) is 0 Å². The van der Waals surface area contributed by atoms with Gasteiger partial charge in [0.1, 0.15) is 5.82 Å². The molecule has 1 aromatic rings. The van der Waals surface area contributed by atoms with Crippen LogP contribution in [0.1, 0.15) is 30.1 Å². The maximum absolute atomic E-state index is 11.9. The largest absolute Gasteiger partial charge is 0.396 e. The molecule has 100 valence electrons. The minimum absolute atomic E-state index is 0.0539. The summed E-state index contributed by atoms with van der Waals surface area (Å²) in [4.78, 5) is 17.9. The normalized spacial score (nSPS) is 12.0. The number of carbonyl (C=O) groups excluding carboxylic acids is 1. The fraction of sp³-hybridized carbons (Fsp3) is 0.538. The van der Waals surface area contributed by atoms with Crippen molar-refractivity contribution in [3.63, 3.8) is 0 Å². The molecule has 0 fully saturated rings. The first-order valence-corrected chi connectivity index (χ1v) is 6.09.